The molecule has 0 saturated carbocycles. The number of carbonyl (C=O) groups is 1. The number of likely N-dealkylation sites (tertiary alicyclic amines) is 1. The molecule has 2 fully saturated rings. The highest BCUT2D eigenvalue weighted by molar-refractivity contribution is 5.84. The minimum atomic E-state index is -0.618. The Morgan fingerprint density at radius 2 is 2.14 bits per heavy atom. The molecular weight excluding hydrogens is 268 g/mol. The van der Waals surface area contributed by atoms with Gasteiger partial charge in [0.25, 0.3) is 5.91 Å². The molecule has 1 N–H and O–H groups in total. The fourth-order valence-corrected chi connectivity index (χ4v) is 2.98. The third kappa shape index (κ3) is 5.24. The molecule has 0 aliphatic carbocycles. The first-order chi connectivity index (χ1) is 10.1. The summed E-state index contributed by atoms with van der Waals surface area (Å²) in [6.45, 7) is 6.24. The van der Waals surface area contributed by atoms with Crippen LogP contribution >= 0.6 is 0 Å². The van der Waals surface area contributed by atoms with Crippen LogP contribution in [0.5, 0.6) is 0 Å². The highest BCUT2D eigenvalue weighted by Gasteiger charge is 2.35. The second-order valence-corrected chi connectivity index (χ2v) is 6.52. The lowest BCUT2D eigenvalue weighted by Crippen LogP contribution is -2.48. The Morgan fingerprint density at radius 3 is 2.81 bits per heavy atom. The maximum absolute atomic E-state index is 12.1. The Hall–Kier alpha value is -0.650. The Balaban J connectivity index is 1.54. The number of nitrogens with zero attached hydrogens (tertiary/aromatic N) is 1. The lowest BCUT2D eigenvalue weighted by molar-refractivity contribution is -0.150. The summed E-state index contributed by atoms with van der Waals surface area (Å²) in [6, 6.07) is 0. The SMILES string of the molecule is CN1CCC(OCCCNC(=O)C2(C)CCCCO2)CC1. The molecule has 2 heterocycles. The molecule has 1 atom stereocenters. The van der Waals surface area contributed by atoms with E-state index in [2.05, 4.69) is 17.3 Å². The van der Waals surface area contributed by atoms with Gasteiger partial charge in [-0.3, -0.25) is 4.79 Å². The van der Waals surface area contributed by atoms with Crippen LogP contribution in [0.25, 0.3) is 0 Å². The van der Waals surface area contributed by atoms with Crippen LogP contribution in [-0.2, 0) is 14.3 Å². The number of piperidine rings is 1. The van der Waals surface area contributed by atoms with Crippen molar-refractivity contribution in [1.82, 2.24) is 10.2 Å². The molecule has 0 aromatic carbocycles. The van der Waals surface area contributed by atoms with Gasteiger partial charge in [0.2, 0.25) is 0 Å². The first-order valence-electron chi connectivity index (χ1n) is 8.32. The third-order valence-electron chi connectivity index (χ3n) is 4.57. The van der Waals surface area contributed by atoms with E-state index in [-0.39, 0.29) is 5.91 Å². The Labute approximate surface area is 128 Å². The van der Waals surface area contributed by atoms with Crippen LogP contribution < -0.4 is 5.32 Å². The standard InChI is InChI=1S/C16H30N2O3/c1-16(8-3-4-13-21-16)15(19)17-9-5-12-20-14-6-10-18(2)11-7-14/h14H,3-13H2,1-2H3,(H,17,19). The highest BCUT2D eigenvalue weighted by Crippen LogP contribution is 2.24. The van der Waals surface area contributed by atoms with Gasteiger partial charge in [0.15, 0.2) is 0 Å². The fraction of sp³-hybridized carbons (Fsp3) is 0.938. The quantitative estimate of drug-likeness (QED) is 0.756. The minimum Gasteiger partial charge on any atom is -0.378 e. The van der Waals surface area contributed by atoms with Crippen LogP contribution in [0.3, 0.4) is 0 Å². The molecule has 2 rings (SSSR count). The summed E-state index contributed by atoms with van der Waals surface area (Å²) in [5, 5.41) is 2.99. The molecule has 1 amide bonds. The van der Waals surface area contributed by atoms with Crippen molar-refractivity contribution in [3.05, 3.63) is 0 Å². The molecule has 2 aliphatic rings. The largest absolute Gasteiger partial charge is 0.378 e. The summed E-state index contributed by atoms with van der Waals surface area (Å²) in [5.41, 5.74) is -0.618. The van der Waals surface area contributed by atoms with Crippen molar-refractivity contribution in [2.45, 2.75) is 57.2 Å². The summed E-state index contributed by atoms with van der Waals surface area (Å²) in [7, 11) is 2.15. The molecule has 122 valence electrons. The van der Waals surface area contributed by atoms with Gasteiger partial charge in [-0.25, -0.2) is 0 Å². The number of nitrogens with one attached hydrogen (secondary N) is 1. The molecule has 21 heavy (non-hydrogen) atoms. The first kappa shape index (κ1) is 16.7. The molecule has 2 aliphatic heterocycles. The summed E-state index contributed by atoms with van der Waals surface area (Å²) in [6.07, 6.45) is 6.47. The second-order valence-electron chi connectivity index (χ2n) is 6.52. The Kier molecular flexibility index (Phi) is 6.45. The molecule has 5 nitrogen and oxygen atoms in total. The molecule has 2 saturated heterocycles. The van der Waals surface area contributed by atoms with Crippen LogP contribution in [0.15, 0.2) is 0 Å². The van der Waals surface area contributed by atoms with Crippen molar-refractivity contribution < 1.29 is 14.3 Å². The number of hydrogen-bond acceptors (Lipinski definition) is 4. The van der Waals surface area contributed by atoms with E-state index >= 15 is 0 Å². The predicted octanol–water partition coefficient (Wildman–Crippen LogP) is 1.56. The first-order valence-corrected chi connectivity index (χ1v) is 8.32. The number of rotatable bonds is 6. The molecule has 1 unspecified atom stereocenters. The lowest BCUT2D eigenvalue weighted by Gasteiger charge is -2.32. The van der Waals surface area contributed by atoms with E-state index in [1.165, 1.54) is 0 Å². The van der Waals surface area contributed by atoms with E-state index in [9.17, 15) is 4.79 Å². The zero-order valence-electron chi connectivity index (χ0n) is 13.5. The van der Waals surface area contributed by atoms with Gasteiger partial charge in [0, 0.05) is 32.8 Å². The summed E-state index contributed by atoms with van der Waals surface area (Å²) in [5.74, 6) is 0.0292. The minimum absolute atomic E-state index is 0.0292. The summed E-state index contributed by atoms with van der Waals surface area (Å²) in [4.78, 5) is 14.5. The van der Waals surface area contributed by atoms with E-state index in [1.54, 1.807) is 0 Å². The Bertz CT molecular complexity index is 321. The van der Waals surface area contributed by atoms with Gasteiger partial charge in [-0.05, 0) is 52.5 Å². The number of carbonyl (C=O) groups excluding carboxylic acids is 1. The molecule has 5 heteroatoms. The van der Waals surface area contributed by atoms with E-state index in [4.69, 9.17) is 9.47 Å². The van der Waals surface area contributed by atoms with E-state index in [0.717, 1.165) is 58.2 Å². The summed E-state index contributed by atoms with van der Waals surface area (Å²) >= 11 is 0. The fourth-order valence-electron chi connectivity index (χ4n) is 2.98. The average Bonchev–Trinajstić information content (AvgIpc) is 2.49. The molecular formula is C16H30N2O3. The van der Waals surface area contributed by atoms with Gasteiger partial charge < -0.3 is 19.7 Å². The van der Waals surface area contributed by atoms with Gasteiger partial charge in [-0.2, -0.15) is 0 Å². The van der Waals surface area contributed by atoms with Crippen molar-refractivity contribution in [2.75, 3.05) is 39.9 Å². The van der Waals surface area contributed by atoms with Gasteiger partial charge in [0.1, 0.15) is 5.60 Å². The van der Waals surface area contributed by atoms with Crippen molar-refractivity contribution in [3.63, 3.8) is 0 Å². The van der Waals surface area contributed by atoms with Crippen molar-refractivity contribution in [1.29, 1.82) is 0 Å². The second kappa shape index (κ2) is 8.11. The zero-order valence-corrected chi connectivity index (χ0v) is 13.5. The maximum atomic E-state index is 12.1. The van der Waals surface area contributed by atoms with Crippen LogP contribution in [-0.4, -0.2) is 62.4 Å². The van der Waals surface area contributed by atoms with Gasteiger partial charge in [-0.15, -0.1) is 0 Å². The number of hydrogen-bond donors (Lipinski definition) is 1. The van der Waals surface area contributed by atoms with Crippen LogP contribution in [0.2, 0.25) is 0 Å². The van der Waals surface area contributed by atoms with E-state index < -0.39 is 5.60 Å². The maximum Gasteiger partial charge on any atom is 0.251 e. The molecule has 0 aromatic rings. The van der Waals surface area contributed by atoms with E-state index in [0.29, 0.717) is 19.3 Å². The van der Waals surface area contributed by atoms with E-state index in [1.807, 2.05) is 6.92 Å². The lowest BCUT2D eigenvalue weighted by atomic mass is 9.95. The monoisotopic (exact) mass is 298 g/mol. The molecule has 0 aromatic heterocycles. The number of amides is 1. The van der Waals surface area contributed by atoms with Gasteiger partial charge >= 0.3 is 0 Å². The topological polar surface area (TPSA) is 50.8 Å². The van der Waals surface area contributed by atoms with Crippen molar-refractivity contribution in [2.24, 2.45) is 0 Å². The van der Waals surface area contributed by atoms with Crippen LogP contribution in [0, 0.1) is 0 Å². The summed E-state index contributed by atoms with van der Waals surface area (Å²) < 4.78 is 11.5. The van der Waals surface area contributed by atoms with Gasteiger partial charge in [-0.1, -0.05) is 0 Å². The van der Waals surface area contributed by atoms with Crippen molar-refractivity contribution in [3.8, 4) is 0 Å². The molecule has 0 bridgehead atoms. The normalized spacial score (nSPS) is 28.5. The van der Waals surface area contributed by atoms with Crippen LogP contribution in [0.4, 0.5) is 0 Å². The molecule has 0 spiro atoms. The predicted molar refractivity (Wildman–Crippen MR) is 82.3 cm³/mol. The highest BCUT2D eigenvalue weighted by atomic mass is 16.5. The zero-order chi connectivity index (χ0) is 15.1. The smallest absolute Gasteiger partial charge is 0.251 e. The Morgan fingerprint density at radius 1 is 1.38 bits per heavy atom. The average molecular weight is 298 g/mol. The van der Waals surface area contributed by atoms with Gasteiger partial charge in [0.05, 0.1) is 6.10 Å². The molecule has 0 radical (unpaired) electrons. The third-order valence-corrected chi connectivity index (χ3v) is 4.57. The number of ether oxygens (including phenoxy) is 2. The van der Waals surface area contributed by atoms with Crippen LogP contribution in [0.1, 0.15) is 45.4 Å². The van der Waals surface area contributed by atoms with Crippen molar-refractivity contribution >= 4 is 5.91 Å².